The Labute approximate surface area is 157 Å². The molecular weight excluding hydrogens is 316 g/mol. The first kappa shape index (κ1) is 18.3. The van der Waals surface area contributed by atoms with Gasteiger partial charge in [0.05, 0.1) is 11.4 Å². The van der Waals surface area contributed by atoms with Gasteiger partial charge in [0.15, 0.2) is 0 Å². The summed E-state index contributed by atoms with van der Waals surface area (Å²) in [5.74, 6) is 0. The number of rotatable bonds is 8. The predicted octanol–water partition coefficient (Wildman–Crippen LogP) is 7.94. The van der Waals surface area contributed by atoms with Crippen LogP contribution in [0.25, 0.3) is 10.8 Å². The Balaban J connectivity index is 1.83. The summed E-state index contributed by atoms with van der Waals surface area (Å²) in [4.78, 5) is 0. The molecule has 134 valence electrons. The maximum Gasteiger partial charge on any atom is 0.0935 e. The Hall–Kier alpha value is -2.48. The topological polar surface area (TPSA) is 24.7 Å². The molecule has 0 aliphatic carbocycles. The fourth-order valence-corrected chi connectivity index (χ4v) is 3.24. The van der Waals surface area contributed by atoms with Crippen LogP contribution in [0.1, 0.15) is 50.7 Å². The van der Waals surface area contributed by atoms with E-state index in [2.05, 4.69) is 84.7 Å². The first-order chi connectivity index (χ1) is 12.8. The summed E-state index contributed by atoms with van der Waals surface area (Å²) in [6.45, 7) is 4.46. The number of nitrogens with zero attached hydrogens (tertiary/aromatic N) is 2. The minimum Gasteiger partial charge on any atom is -0.151 e. The van der Waals surface area contributed by atoms with Crippen molar-refractivity contribution in [3.8, 4) is 0 Å². The van der Waals surface area contributed by atoms with E-state index in [1.54, 1.807) is 0 Å². The van der Waals surface area contributed by atoms with Gasteiger partial charge >= 0.3 is 0 Å². The lowest BCUT2D eigenvalue weighted by atomic mass is 9.99. The Morgan fingerprint density at radius 2 is 1.35 bits per heavy atom. The minimum absolute atomic E-state index is 0.907. The van der Waals surface area contributed by atoms with Crippen molar-refractivity contribution in [3.05, 3.63) is 71.8 Å². The highest BCUT2D eigenvalue weighted by atomic mass is 15.1. The van der Waals surface area contributed by atoms with Crippen LogP contribution in [0.15, 0.2) is 70.9 Å². The van der Waals surface area contributed by atoms with Crippen LogP contribution in [0.4, 0.5) is 11.4 Å². The zero-order valence-electron chi connectivity index (χ0n) is 15.9. The third kappa shape index (κ3) is 4.57. The first-order valence-corrected chi connectivity index (χ1v) is 9.83. The molecule has 0 spiro atoms. The molecule has 2 heteroatoms. The van der Waals surface area contributed by atoms with Gasteiger partial charge in [-0.15, -0.1) is 5.11 Å². The van der Waals surface area contributed by atoms with Crippen LogP contribution in [0, 0.1) is 0 Å². The zero-order chi connectivity index (χ0) is 18.2. The standard InChI is InChI=1S/C24H28N2/c1-3-5-9-19-13-16-21(17-14-19)25-26-24-18-15-20(10-6-4-2)22-11-7-8-12-23(22)24/h7-8,11-18H,3-6,9-10H2,1-2H3. The van der Waals surface area contributed by atoms with E-state index in [1.165, 1.54) is 47.6 Å². The lowest BCUT2D eigenvalue weighted by Crippen LogP contribution is -1.87. The highest BCUT2D eigenvalue weighted by Crippen LogP contribution is 2.31. The van der Waals surface area contributed by atoms with Crippen LogP contribution in [-0.2, 0) is 12.8 Å². The normalized spacial score (nSPS) is 11.5. The third-order valence-corrected chi connectivity index (χ3v) is 4.82. The van der Waals surface area contributed by atoms with Crippen molar-refractivity contribution in [2.45, 2.75) is 52.4 Å². The predicted molar refractivity (Wildman–Crippen MR) is 112 cm³/mol. The van der Waals surface area contributed by atoms with Gasteiger partial charge in [0.25, 0.3) is 0 Å². The Morgan fingerprint density at radius 1 is 0.654 bits per heavy atom. The fraction of sp³-hybridized carbons (Fsp3) is 0.333. The van der Waals surface area contributed by atoms with Gasteiger partial charge in [-0.05, 0) is 60.4 Å². The van der Waals surface area contributed by atoms with Gasteiger partial charge in [-0.3, -0.25) is 0 Å². The average Bonchev–Trinajstić information content (AvgIpc) is 2.70. The molecule has 0 radical (unpaired) electrons. The van der Waals surface area contributed by atoms with Crippen molar-refractivity contribution in [3.63, 3.8) is 0 Å². The van der Waals surface area contributed by atoms with E-state index in [0.717, 1.165) is 24.2 Å². The monoisotopic (exact) mass is 344 g/mol. The molecule has 0 heterocycles. The van der Waals surface area contributed by atoms with E-state index in [1.807, 2.05) is 0 Å². The van der Waals surface area contributed by atoms with Crippen molar-refractivity contribution < 1.29 is 0 Å². The van der Waals surface area contributed by atoms with E-state index in [-0.39, 0.29) is 0 Å². The molecule has 0 aliphatic rings. The molecule has 0 unspecified atom stereocenters. The zero-order valence-corrected chi connectivity index (χ0v) is 15.9. The van der Waals surface area contributed by atoms with Crippen molar-refractivity contribution >= 4 is 22.1 Å². The van der Waals surface area contributed by atoms with Crippen LogP contribution < -0.4 is 0 Å². The number of aryl methyl sites for hydroxylation is 2. The number of unbranched alkanes of at least 4 members (excludes halogenated alkanes) is 2. The smallest absolute Gasteiger partial charge is 0.0935 e. The molecule has 0 bridgehead atoms. The van der Waals surface area contributed by atoms with Gasteiger partial charge in [0.2, 0.25) is 0 Å². The van der Waals surface area contributed by atoms with E-state index < -0.39 is 0 Å². The maximum absolute atomic E-state index is 4.54. The minimum atomic E-state index is 0.907. The molecule has 26 heavy (non-hydrogen) atoms. The fourth-order valence-electron chi connectivity index (χ4n) is 3.24. The number of fused-ring (bicyclic) bond motifs is 1. The molecule has 0 saturated heterocycles. The van der Waals surface area contributed by atoms with Crippen LogP contribution >= 0.6 is 0 Å². The summed E-state index contributed by atoms with van der Waals surface area (Å²) in [5.41, 5.74) is 4.62. The molecule has 0 saturated carbocycles. The molecule has 3 aromatic rings. The second-order valence-corrected chi connectivity index (χ2v) is 6.86. The Morgan fingerprint density at radius 3 is 2.08 bits per heavy atom. The number of hydrogen-bond acceptors (Lipinski definition) is 2. The van der Waals surface area contributed by atoms with E-state index >= 15 is 0 Å². The molecule has 0 N–H and O–H groups in total. The van der Waals surface area contributed by atoms with Crippen molar-refractivity contribution in [1.82, 2.24) is 0 Å². The maximum atomic E-state index is 4.54. The van der Waals surface area contributed by atoms with Gasteiger partial charge in [0, 0.05) is 5.39 Å². The van der Waals surface area contributed by atoms with Crippen LogP contribution in [-0.4, -0.2) is 0 Å². The van der Waals surface area contributed by atoms with E-state index in [0.29, 0.717) is 0 Å². The van der Waals surface area contributed by atoms with Crippen molar-refractivity contribution in [2.24, 2.45) is 10.2 Å². The van der Waals surface area contributed by atoms with Crippen molar-refractivity contribution in [1.29, 1.82) is 0 Å². The second kappa shape index (κ2) is 9.28. The summed E-state index contributed by atoms with van der Waals surface area (Å²) < 4.78 is 0. The second-order valence-electron chi connectivity index (χ2n) is 6.86. The summed E-state index contributed by atoms with van der Waals surface area (Å²) in [7, 11) is 0. The lowest BCUT2D eigenvalue weighted by Gasteiger charge is -2.08. The molecule has 0 fully saturated rings. The Bertz CT molecular complexity index is 863. The molecule has 0 amide bonds. The molecule has 0 aliphatic heterocycles. The summed E-state index contributed by atoms with van der Waals surface area (Å²) >= 11 is 0. The first-order valence-electron chi connectivity index (χ1n) is 9.83. The lowest BCUT2D eigenvalue weighted by molar-refractivity contribution is 0.795. The SMILES string of the molecule is CCCCc1ccc(N=Nc2ccc(CCCC)c3ccccc23)cc1. The van der Waals surface area contributed by atoms with Crippen LogP contribution in [0.2, 0.25) is 0 Å². The van der Waals surface area contributed by atoms with Crippen molar-refractivity contribution in [2.75, 3.05) is 0 Å². The van der Waals surface area contributed by atoms with Gasteiger partial charge in [-0.2, -0.15) is 5.11 Å². The molecule has 2 nitrogen and oxygen atoms in total. The van der Waals surface area contributed by atoms with Crippen LogP contribution in [0.5, 0.6) is 0 Å². The largest absolute Gasteiger partial charge is 0.151 e. The van der Waals surface area contributed by atoms with Gasteiger partial charge in [-0.25, -0.2) is 0 Å². The average molecular weight is 345 g/mol. The number of benzene rings is 3. The number of hydrogen-bond donors (Lipinski definition) is 0. The molecular formula is C24H28N2. The Kier molecular flexibility index (Phi) is 6.54. The highest BCUT2D eigenvalue weighted by molar-refractivity contribution is 5.94. The number of azo groups is 1. The van der Waals surface area contributed by atoms with Crippen LogP contribution in [0.3, 0.4) is 0 Å². The van der Waals surface area contributed by atoms with Gasteiger partial charge in [-0.1, -0.05) is 69.2 Å². The molecule has 0 atom stereocenters. The van der Waals surface area contributed by atoms with Gasteiger partial charge < -0.3 is 0 Å². The molecule has 3 rings (SSSR count). The highest BCUT2D eigenvalue weighted by Gasteiger charge is 2.05. The quantitative estimate of drug-likeness (QED) is 0.370. The summed E-state index contributed by atoms with van der Waals surface area (Å²) in [6.07, 6.45) is 7.14. The van der Waals surface area contributed by atoms with E-state index in [9.17, 15) is 0 Å². The summed E-state index contributed by atoms with van der Waals surface area (Å²) in [5, 5.41) is 11.5. The molecule has 3 aromatic carbocycles. The van der Waals surface area contributed by atoms with E-state index in [4.69, 9.17) is 0 Å². The molecule has 0 aromatic heterocycles. The van der Waals surface area contributed by atoms with Gasteiger partial charge in [0.1, 0.15) is 0 Å². The third-order valence-electron chi connectivity index (χ3n) is 4.82. The summed E-state index contributed by atoms with van der Waals surface area (Å²) in [6, 6.07) is 21.3.